The van der Waals surface area contributed by atoms with Crippen molar-refractivity contribution in [3.63, 3.8) is 0 Å². The molecule has 0 fully saturated rings. The summed E-state index contributed by atoms with van der Waals surface area (Å²) in [7, 11) is -4.19. The van der Waals surface area contributed by atoms with Gasteiger partial charge in [-0.25, -0.2) is 18.0 Å². The number of sulfonamides is 1. The van der Waals surface area contributed by atoms with Gasteiger partial charge in [0.25, 0.3) is 21.8 Å². The van der Waals surface area contributed by atoms with Gasteiger partial charge in [-0.1, -0.05) is 42.0 Å². The predicted octanol–water partition coefficient (Wildman–Crippen LogP) is 3.06. The van der Waals surface area contributed by atoms with E-state index in [4.69, 9.17) is 10.2 Å². The summed E-state index contributed by atoms with van der Waals surface area (Å²) in [5, 5.41) is 17.1. The lowest BCUT2D eigenvalue weighted by Gasteiger charge is -2.14. The van der Waals surface area contributed by atoms with Crippen molar-refractivity contribution in [2.45, 2.75) is 11.8 Å². The smallest absolute Gasteiger partial charge is 0.336 e. The molecule has 0 aromatic heterocycles. The first kappa shape index (κ1) is 23.4. The van der Waals surface area contributed by atoms with Crippen LogP contribution in [-0.2, 0) is 10.0 Å². The number of nitrogens with zero attached hydrogens (tertiary/aromatic N) is 1. The average molecular weight is 467 g/mol. The van der Waals surface area contributed by atoms with Crippen molar-refractivity contribution in [1.82, 2.24) is 4.31 Å². The monoisotopic (exact) mass is 467 g/mol. The molecule has 0 aliphatic carbocycles. The Balaban J connectivity index is 0.000000218. The number of aryl methyl sites for hydroxylation is 1. The molecule has 9 nitrogen and oxygen atoms in total. The fraction of sp³-hybridized carbons (Fsp3) is 0.0435. The maximum atomic E-state index is 12.5. The zero-order chi connectivity index (χ0) is 24.3. The summed E-state index contributed by atoms with van der Waals surface area (Å²) < 4.78 is 25.4. The standard InChI is InChI=1S/C15H11NO4S.C8H6O4/c1-10-6-8-11(9-7-10)21(19,20)16-14(17)12-4-2-3-5-13(12)15(16)18;9-7(10)5-3-1-2-4-6(5)8(11)12/h2-9H,1H3;1-4H,(H,9,10)(H,11,12). The second-order valence-corrected chi connectivity index (χ2v) is 8.68. The zero-order valence-electron chi connectivity index (χ0n) is 17.1. The van der Waals surface area contributed by atoms with Gasteiger partial charge in [-0.2, -0.15) is 4.31 Å². The first-order chi connectivity index (χ1) is 15.6. The number of hydrogen-bond donors (Lipinski definition) is 2. The Morgan fingerprint density at radius 2 is 1.09 bits per heavy atom. The van der Waals surface area contributed by atoms with Crippen LogP contribution in [0.2, 0.25) is 0 Å². The van der Waals surface area contributed by atoms with E-state index in [0.717, 1.165) is 5.56 Å². The topological polar surface area (TPSA) is 146 Å². The van der Waals surface area contributed by atoms with Crippen molar-refractivity contribution in [2.75, 3.05) is 0 Å². The number of hydrogen-bond acceptors (Lipinski definition) is 6. The van der Waals surface area contributed by atoms with Gasteiger partial charge in [-0.15, -0.1) is 0 Å². The molecule has 0 unspecified atom stereocenters. The Kier molecular flexibility index (Phi) is 6.40. The quantitative estimate of drug-likeness (QED) is 0.557. The second-order valence-electron chi connectivity index (χ2n) is 6.89. The number of rotatable bonds is 4. The van der Waals surface area contributed by atoms with Crippen LogP contribution in [0.4, 0.5) is 0 Å². The van der Waals surface area contributed by atoms with Crippen molar-refractivity contribution >= 4 is 33.8 Å². The van der Waals surface area contributed by atoms with E-state index >= 15 is 0 Å². The van der Waals surface area contributed by atoms with Crippen molar-refractivity contribution < 1.29 is 37.8 Å². The first-order valence-corrected chi connectivity index (χ1v) is 10.8. The summed E-state index contributed by atoms with van der Waals surface area (Å²) in [5.41, 5.74) is 0.725. The summed E-state index contributed by atoms with van der Waals surface area (Å²) in [4.78, 5) is 45.3. The zero-order valence-corrected chi connectivity index (χ0v) is 17.9. The Hall–Kier alpha value is -4.31. The maximum absolute atomic E-state index is 12.5. The number of imide groups is 1. The van der Waals surface area contributed by atoms with Crippen LogP contribution in [0.1, 0.15) is 47.0 Å². The lowest BCUT2D eigenvalue weighted by Crippen LogP contribution is -2.36. The summed E-state index contributed by atoms with van der Waals surface area (Å²) in [6.07, 6.45) is 0. The Morgan fingerprint density at radius 3 is 1.48 bits per heavy atom. The van der Waals surface area contributed by atoms with E-state index in [-0.39, 0.29) is 27.1 Å². The number of carbonyl (C=O) groups is 4. The van der Waals surface area contributed by atoms with Gasteiger partial charge < -0.3 is 10.2 Å². The molecule has 168 valence electrons. The van der Waals surface area contributed by atoms with Crippen LogP contribution in [-0.4, -0.2) is 46.7 Å². The molecule has 2 amide bonds. The minimum atomic E-state index is -4.19. The predicted molar refractivity (Wildman–Crippen MR) is 116 cm³/mol. The molecule has 0 radical (unpaired) electrons. The van der Waals surface area contributed by atoms with E-state index < -0.39 is 33.8 Å². The number of carboxylic acid groups (broad SMARTS) is 2. The van der Waals surface area contributed by atoms with Gasteiger partial charge in [0.15, 0.2) is 0 Å². The molecule has 1 heterocycles. The van der Waals surface area contributed by atoms with Crippen molar-refractivity contribution in [3.05, 3.63) is 101 Å². The Labute approximate surface area is 188 Å². The molecule has 0 bridgehead atoms. The van der Waals surface area contributed by atoms with E-state index in [1.165, 1.54) is 48.5 Å². The molecule has 3 aromatic rings. The number of amides is 2. The number of fused-ring (bicyclic) bond motifs is 1. The average Bonchev–Trinajstić information content (AvgIpc) is 3.05. The third-order valence-electron chi connectivity index (χ3n) is 4.70. The summed E-state index contributed by atoms with van der Waals surface area (Å²) in [6, 6.07) is 17.5. The van der Waals surface area contributed by atoms with Crippen LogP contribution >= 0.6 is 0 Å². The van der Waals surface area contributed by atoms with Crippen LogP contribution in [0.3, 0.4) is 0 Å². The van der Waals surface area contributed by atoms with Gasteiger partial charge in [-0.3, -0.25) is 9.59 Å². The molecule has 4 rings (SSSR count). The SMILES string of the molecule is Cc1ccc(S(=O)(=O)N2C(=O)c3ccccc3C2=O)cc1.O=C(O)c1ccccc1C(=O)O. The van der Waals surface area contributed by atoms with E-state index in [2.05, 4.69) is 0 Å². The van der Waals surface area contributed by atoms with Gasteiger partial charge in [0.1, 0.15) is 0 Å². The van der Waals surface area contributed by atoms with Crippen LogP contribution in [0.5, 0.6) is 0 Å². The van der Waals surface area contributed by atoms with Gasteiger partial charge in [0, 0.05) is 0 Å². The van der Waals surface area contributed by atoms with Crippen LogP contribution in [0.25, 0.3) is 0 Å². The third-order valence-corrected chi connectivity index (χ3v) is 6.38. The van der Waals surface area contributed by atoms with Crippen molar-refractivity contribution in [2.24, 2.45) is 0 Å². The number of carbonyl (C=O) groups excluding carboxylic acids is 2. The third kappa shape index (κ3) is 4.51. The van der Waals surface area contributed by atoms with Crippen molar-refractivity contribution in [3.8, 4) is 0 Å². The van der Waals surface area contributed by atoms with E-state index in [1.807, 2.05) is 6.92 Å². The molecule has 0 saturated carbocycles. The van der Waals surface area contributed by atoms with Crippen LogP contribution < -0.4 is 0 Å². The largest absolute Gasteiger partial charge is 0.478 e. The van der Waals surface area contributed by atoms with E-state index in [1.54, 1.807) is 24.3 Å². The minimum absolute atomic E-state index is 0.0809. The highest BCUT2D eigenvalue weighted by atomic mass is 32.2. The minimum Gasteiger partial charge on any atom is -0.478 e. The van der Waals surface area contributed by atoms with E-state index in [0.29, 0.717) is 4.31 Å². The molecule has 0 saturated heterocycles. The lowest BCUT2D eigenvalue weighted by atomic mass is 10.1. The van der Waals surface area contributed by atoms with Gasteiger partial charge >= 0.3 is 11.9 Å². The van der Waals surface area contributed by atoms with Gasteiger partial charge in [0.2, 0.25) is 0 Å². The summed E-state index contributed by atoms with van der Waals surface area (Å²) in [6.45, 7) is 1.82. The number of benzene rings is 3. The molecule has 0 spiro atoms. The fourth-order valence-electron chi connectivity index (χ4n) is 3.06. The number of aromatic carboxylic acids is 2. The molecule has 10 heteroatoms. The Bertz CT molecular complexity index is 1310. The fourth-order valence-corrected chi connectivity index (χ4v) is 4.38. The first-order valence-electron chi connectivity index (χ1n) is 9.41. The summed E-state index contributed by atoms with van der Waals surface area (Å²) in [5.74, 6) is -4.08. The van der Waals surface area contributed by atoms with Crippen LogP contribution in [0, 0.1) is 6.92 Å². The molecule has 2 N–H and O–H groups in total. The maximum Gasteiger partial charge on any atom is 0.336 e. The lowest BCUT2D eigenvalue weighted by molar-refractivity contribution is 0.0651. The highest BCUT2D eigenvalue weighted by Crippen LogP contribution is 2.28. The molecule has 1 aliphatic heterocycles. The highest BCUT2D eigenvalue weighted by Gasteiger charge is 2.43. The molecular formula is C23H17NO8S. The normalized spacial score (nSPS) is 12.6. The molecule has 0 atom stereocenters. The molecular weight excluding hydrogens is 450 g/mol. The van der Waals surface area contributed by atoms with Gasteiger partial charge in [0.05, 0.1) is 27.1 Å². The molecule has 1 aliphatic rings. The second kappa shape index (κ2) is 9.05. The molecule has 33 heavy (non-hydrogen) atoms. The van der Waals surface area contributed by atoms with Crippen LogP contribution in [0.15, 0.2) is 77.7 Å². The van der Waals surface area contributed by atoms with Crippen molar-refractivity contribution in [1.29, 1.82) is 0 Å². The van der Waals surface area contributed by atoms with E-state index in [9.17, 15) is 27.6 Å². The number of carboxylic acids is 2. The molecule has 3 aromatic carbocycles. The Morgan fingerprint density at radius 1 is 0.697 bits per heavy atom. The highest BCUT2D eigenvalue weighted by molar-refractivity contribution is 7.90. The van der Waals surface area contributed by atoms with Gasteiger partial charge in [-0.05, 0) is 43.3 Å². The summed E-state index contributed by atoms with van der Waals surface area (Å²) >= 11 is 0.